The van der Waals surface area contributed by atoms with Crippen molar-refractivity contribution in [2.75, 3.05) is 13.9 Å². The molecule has 1 aliphatic rings. The van der Waals surface area contributed by atoms with Gasteiger partial charge in [-0.2, -0.15) is 0 Å². The van der Waals surface area contributed by atoms with Crippen molar-refractivity contribution in [3.8, 4) is 11.5 Å². The molecular weight excluding hydrogens is 224 g/mol. The highest BCUT2D eigenvalue weighted by atomic mass is 16.7. The standard InChI is InChI=1S/C12H14O5/c1-7(12(13)14)10-8(5-15-2)3-4-9-11(10)17-6-16-9/h3-4,7H,5-6H2,1-2H3,(H,13,14). The largest absolute Gasteiger partial charge is 0.481 e. The van der Waals surface area contributed by atoms with Crippen LogP contribution in [0.5, 0.6) is 11.5 Å². The van der Waals surface area contributed by atoms with E-state index in [2.05, 4.69) is 0 Å². The Bertz CT molecular complexity index is 441. The number of aliphatic carboxylic acids is 1. The van der Waals surface area contributed by atoms with Crippen molar-refractivity contribution in [1.29, 1.82) is 0 Å². The maximum absolute atomic E-state index is 11.1. The molecule has 1 atom stereocenters. The van der Waals surface area contributed by atoms with Crippen LogP contribution in [0.25, 0.3) is 0 Å². The van der Waals surface area contributed by atoms with Crippen molar-refractivity contribution in [3.63, 3.8) is 0 Å². The molecule has 0 amide bonds. The number of benzene rings is 1. The summed E-state index contributed by atoms with van der Waals surface area (Å²) in [5.41, 5.74) is 1.45. The Morgan fingerprint density at radius 3 is 2.94 bits per heavy atom. The van der Waals surface area contributed by atoms with Gasteiger partial charge in [0.15, 0.2) is 11.5 Å². The average molecular weight is 238 g/mol. The van der Waals surface area contributed by atoms with E-state index in [9.17, 15) is 4.79 Å². The molecule has 2 rings (SSSR count). The SMILES string of the molecule is COCc1ccc2c(c1C(C)C(=O)O)OCO2. The fourth-order valence-electron chi connectivity index (χ4n) is 1.91. The molecule has 5 nitrogen and oxygen atoms in total. The van der Waals surface area contributed by atoms with Crippen LogP contribution in [0.3, 0.4) is 0 Å². The van der Waals surface area contributed by atoms with Crippen molar-refractivity contribution >= 4 is 5.97 Å². The molecule has 0 radical (unpaired) electrons. The molecule has 0 aliphatic carbocycles. The number of hydrogen-bond donors (Lipinski definition) is 1. The Kier molecular flexibility index (Phi) is 3.19. The van der Waals surface area contributed by atoms with Gasteiger partial charge in [-0.3, -0.25) is 4.79 Å². The van der Waals surface area contributed by atoms with E-state index in [0.29, 0.717) is 23.7 Å². The lowest BCUT2D eigenvalue weighted by molar-refractivity contribution is -0.138. The van der Waals surface area contributed by atoms with Crippen molar-refractivity contribution in [3.05, 3.63) is 23.3 Å². The van der Waals surface area contributed by atoms with Gasteiger partial charge in [-0.25, -0.2) is 0 Å². The monoisotopic (exact) mass is 238 g/mol. The number of carboxylic acid groups (broad SMARTS) is 1. The number of carbonyl (C=O) groups is 1. The van der Waals surface area contributed by atoms with E-state index in [1.807, 2.05) is 6.07 Å². The van der Waals surface area contributed by atoms with E-state index in [4.69, 9.17) is 19.3 Å². The fourth-order valence-corrected chi connectivity index (χ4v) is 1.91. The lowest BCUT2D eigenvalue weighted by Crippen LogP contribution is -2.11. The first-order chi connectivity index (χ1) is 8.15. The second-order valence-corrected chi connectivity index (χ2v) is 3.87. The third kappa shape index (κ3) is 2.06. The van der Waals surface area contributed by atoms with Crippen molar-refractivity contribution in [2.45, 2.75) is 19.4 Å². The van der Waals surface area contributed by atoms with Crippen molar-refractivity contribution in [2.24, 2.45) is 0 Å². The van der Waals surface area contributed by atoms with Gasteiger partial charge in [0.25, 0.3) is 0 Å². The van der Waals surface area contributed by atoms with Crippen LogP contribution in [-0.4, -0.2) is 25.0 Å². The Balaban J connectivity index is 2.51. The normalized spacial score (nSPS) is 14.7. The summed E-state index contributed by atoms with van der Waals surface area (Å²) in [6.45, 7) is 2.10. The Labute approximate surface area is 98.9 Å². The van der Waals surface area contributed by atoms with Crippen LogP contribution in [0.1, 0.15) is 24.0 Å². The van der Waals surface area contributed by atoms with E-state index in [1.54, 1.807) is 20.1 Å². The molecular formula is C12H14O5. The van der Waals surface area contributed by atoms with E-state index in [0.717, 1.165) is 5.56 Å². The first-order valence-electron chi connectivity index (χ1n) is 5.28. The number of hydrogen-bond acceptors (Lipinski definition) is 4. The summed E-state index contributed by atoms with van der Waals surface area (Å²) in [4.78, 5) is 11.1. The highest BCUT2D eigenvalue weighted by molar-refractivity contribution is 5.78. The van der Waals surface area contributed by atoms with Crippen LogP contribution in [0.2, 0.25) is 0 Å². The van der Waals surface area contributed by atoms with Crippen LogP contribution in [0.15, 0.2) is 12.1 Å². The lowest BCUT2D eigenvalue weighted by atomic mass is 9.94. The predicted molar refractivity (Wildman–Crippen MR) is 59.3 cm³/mol. The van der Waals surface area contributed by atoms with Crippen molar-refractivity contribution < 1.29 is 24.1 Å². The predicted octanol–water partition coefficient (Wildman–Crippen LogP) is 1.75. The number of ether oxygens (including phenoxy) is 3. The highest BCUT2D eigenvalue weighted by Crippen LogP contribution is 2.41. The molecule has 1 heterocycles. The summed E-state index contributed by atoms with van der Waals surface area (Å²) in [6, 6.07) is 3.58. The molecule has 0 spiro atoms. The minimum Gasteiger partial charge on any atom is -0.481 e. The zero-order chi connectivity index (χ0) is 12.4. The van der Waals surface area contributed by atoms with E-state index < -0.39 is 11.9 Å². The summed E-state index contributed by atoms with van der Waals surface area (Å²) < 4.78 is 15.7. The van der Waals surface area contributed by atoms with Crippen LogP contribution in [-0.2, 0) is 16.1 Å². The molecule has 5 heteroatoms. The zero-order valence-corrected chi connectivity index (χ0v) is 9.73. The van der Waals surface area contributed by atoms with Crippen LogP contribution >= 0.6 is 0 Å². The van der Waals surface area contributed by atoms with E-state index >= 15 is 0 Å². The molecule has 1 aromatic rings. The topological polar surface area (TPSA) is 65.0 Å². The quantitative estimate of drug-likeness (QED) is 0.865. The summed E-state index contributed by atoms with van der Waals surface area (Å²) in [6.07, 6.45) is 0. The van der Waals surface area contributed by atoms with Gasteiger partial charge in [0.1, 0.15) is 0 Å². The molecule has 0 aromatic heterocycles. The third-order valence-electron chi connectivity index (χ3n) is 2.77. The first-order valence-corrected chi connectivity index (χ1v) is 5.28. The summed E-state index contributed by atoms with van der Waals surface area (Å²) in [5.74, 6) is -0.439. The second kappa shape index (κ2) is 4.63. The fraction of sp³-hybridized carbons (Fsp3) is 0.417. The summed E-state index contributed by atoms with van der Waals surface area (Å²) in [5, 5.41) is 9.12. The number of fused-ring (bicyclic) bond motifs is 1. The molecule has 0 saturated heterocycles. The Morgan fingerprint density at radius 2 is 2.29 bits per heavy atom. The van der Waals surface area contributed by atoms with Gasteiger partial charge in [0.2, 0.25) is 6.79 Å². The van der Waals surface area contributed by atoms with Crippen LogP contribution in [0, 0.1) is 0 Å². The van der Waals surface area contributed by atoms with Crippen LogP contribution < -0.4 is 9.47 Å². The Hall–Kier alpha value is -1.75. The van der Waals surface area contributed by atoms with Crippen molar-refractivity contribution in [1.82, 2.24) is 0 Å². The number of methoxy groups -OCH3 is 1. The first kappa shape index (κ1) is 11.7. The van der Waals surface area contributed by atoms with Gasteiger partial charge in [-0.05, 0) is 18.6 Å². The van der Waals surface area contributed by atoms with Crippen LogP contribution in [0.4, 0.5) is 0 Å². The molecule has 1 N–H and O–H groups in total. The number of rotatable bonds is 4. The van der Waals surface area contributed by atoms with Gasteiger partial charge in [-0.1, -0.05) is 6.07 Å². The number of carboxylic acids is 1. The zero-order valence-electron chi connectivity index (χ0n) is 9.73. The lowest BCUT2D eigenvalue weighted by Gasteiger charge is -2.15. The molecule has 0 saturated carbocycles. The van der Waals surface area contributed by atoms with E-state index in [1.165, 1.54) is 0 Å². The molecule has 0 fully saturated rings. The van der Waals surface area contributed by atoms with Gasteiger partial charge in [0.05, 0.1) is 12.5 Å². The van der Waals surface area contributed by atoms with Gasteiger partial charge in [-0.15, -0.1) is 0 Å². The molecule has 1 aliphatic heterocycles. The molecule has 17 heavy (non-hydrogen) atoms. The van der Waals surface area contributed by atoms with Gasteiger partial charge in [0, 0.05) is 12.7 Å². The smallest absolute Gasteiger partial charge is 0.310 e. The maximum Gasteiger partial charge on any atom is 0.310 e. The third-order valence-corrected chi connectivity index (χ3v) is 2.77. The minimum absolute atomic E-state index is 0.130. The summed E-state index contributed by atoms with van der Waals surface area (Å²) in [7, 11) is 1.57. The molecule has 92 valence electrons. The van der Waals surface area contributed by atoms with Gasteiger partial charge < -0.3 is 19.3 Å². The maximum atomic E-state index is 11.1. The minimum atomic E-state index is -0.897. The molecule has 1 aromatic carbocycles. The Morgan fingerprint density at radius 1 is 1.53 bits per heavy atom. The molecule has 0 bridgehead atoms. The van der Waals surface area contributed by atoms with E-state index in [-0.39, 0.29) is 6.79 Å². The average Bonchev–Trinajstić information content (AvgIpc) is 2.76. The summed E-state index contributed by atoms with van der Waals surface area (Å²) >= 11 is 0. The second-order valence-electron chi connectivity index (χ2n) is 3.87. The van der Waals surface area contributed by atoms with Gasteiger partial charge >= 0.3 is 5.97 Å². The highest BCUT2D eigenvalue weighted by Gasteiger charge is 2.27. The molecule has 1 unspecified atom stereocenters.